The van der Waals surface area contributed by atoms with E-state index < -0.39 is 121 Å². The minimum atomic E-state index is -2.48. The van der Waals surface area contributed by atoms with E-state index in [0.29, 0.717) is 57.8 Å². The monoisotopic (exact) mass is 1030 g/mol. The molecule has 0 radical (unpaired) electrons. The van der Waals surface area contributed by atoms with E-state index in [1.54, 1.807) is 41.1 Å². The van der Waals surface area contributed by atoms with Crippen LogP contribution >= 0.6 is 0 Å². The molecule has 3 aliphatic heterocycles. The van der Waals surface area contributed by atoms with Crippen LogP contribution in [0.4, 0.5) is 4.79 Å². The smallest absolute Gasteiger partial charge is 0.460 e. The Bertz CT molecular complexity index is 2080. The summed E-state index contributed by atoms with van der Waals surface area (Å²) < 4.78 is 40.9. The number of piperidine rings is 1. The first-order chi connectivity index (χ1) is 34.5. The summed E-state index contributed by atoms with van der Waals surface area (Å²) in [5.41, 5.74) is 0.00336. The number of Topliss-reactive ketones (excluding diaryl/α,β-unsaturated/α-hetero) is 3. The van der Waals surface area contributed by atoms with Crippen LogP contribution in [0, 0.1) is 35.5 Å². The van der Waals surface area contributed by atoms with E-state index in [-0.39, 0.29) is 54.8 Å². The van der Waals surface area contributed by atoms with Gasteiger partial charge in [-0.25, -0.2) is 9.59 Å². The van der Waals surface area contributed by atoms with Crippen LogP contribution in [-0.4, -0.2) is 162 Å². The summed E-state index contributed by atoms with van der Waals surface area (Å²) in [6.07, 6.45) is 6.31. The Morgan fingerprint density at radius 2 is 1.63 bits per heavy atom. The van der Waals surface area contributed by atoms with Crippen molar-refractivity contribution in [3.05, 3.63) is 47.1 Å². The lowest BCUT2D eigenvalue weighted by atomic mass is 9.66. The number of nitrogens with zero attached hydrogens (tertiary/aromatic N) is 1. The van der Waals surface area contributed by atoms with Gasteiger partial charge in [0.05, 0.1) is 31.0 Å². The largest absolute Gasteiger partial charge is 0.509 e. The highest BCUT2D eigenvalue weighted by Crippen LogP contribution is 2.44. The molecular weight excluding hydrogens is 947 g/mol. The first kappa shape index (κ1) is 59.7. The summed E-state index contributed by atoms with van der Waals surface area (Å²) >= 11 is 0. The van der Waals surface area contributed by atoms with Gasteiger partial charge in [0.2, 0.25) is 5.79 Å². The first-order valence-electron chi connectivity index (χ1n) is 26.2. The van der Waals surface area contributed by atoms with E-state index in [2.05, 4.69) is 0 Å². The lowest BCUT2D eigenvalue weighted by Crippen LogP contribution is -2.61. The van der Waals surface area contributed by atoms with E-state index in [0.717, 1.165) is 16.0 Å². The predicted octanol–water partition coefficient (Wildman–Crippen LogP) is 5.45. The molecule has 2 saturated carbocycles. The summed E-state index contributed by atoms with van der Waals surface area (Å²) in [6.45, 7) is 10.8. The van der Waals surface area contributed by atoms with E-state index in [1.165, 1.54) is 14.0 Å². The lowest BCUT2D eigenvalue weighted by Gasteiger charge is -2.42. The maximum Gasteiger partial charge on any atom is 0.509 e. The molecule has 5 rings (SSSR count). The van der Waals surface area contributed by atoms with Crippen molar-refractivity contribution in [3.63, 3.8) is 0 Å². The van der Waals surface area contributed by atoms with Crippen molar-refractivity contribution < 1.29 is 82.4 Å². The molecule has 1 amide bonds. The highest BCUT2D eigenvalue weighted by Gasteiger charge is 2.54. The maximum absolute atomic E-state index is 14.7. The van der Waals surface area contributed by atoms with Crippen molar-refractivity contribution >= 4 is 35.4 Å². The normalized spacial score (nSPS) is 39.3. The number of amides is 1. The Morgan fingerprint density at radius 1 is 0.918 bits per heavy atom. The van der Waals surface area contributed by atoms with Gasteiger partial charge in [-0.05, 0) is 114 Å². The van der Waals surface area contributed by atoms with Gasteiger partial charge in [0.15, 0.2) is 17.5 Å². The average molecular weight is 1030 g/mol. The van der Waals surface area contributed by atoms with Crippen molar-refractivity contribution in [1.29, 1.82) is 0 Å². The number of allylic oxidation sites excluding steroid dienone is 6. The minimum Gasteiger partial charge on any atom is -0.460 e. The number of aliphatic hydroxyl groups excluding tert-OH is 3. The van der Waals surface area contributed by atoms with Crippen LogP contribution in [0.2, 0.25) is 0 Å². The van der Waals surface area contributed by atoms with Crippen LogP contribution in [-0.2, 0) is 57.1 Å². The molecule has 0 aromatic rings. The van der Waals surface area contributed by atoms with Crippen LogP contribution in [0.5, 0.6) is 0 Å². The predicted molar refractivity (Wildman–Crippen MR) is 266 cm³/mol. The number of rotatable bonds is 10. The molecule has 3 heterocycles. The van der Waals surface area contributed by atoms with Gasteiger partial charge in [0.1, 0.15) is 30.6 Å². The fraction of sp³-hybridized carbons (Fsp3) is 0.745. The number of fused-ring (bicyclic) bond motifs is 4. The molecule has 18 nitrogen and oxygen atoms in total. The van der Waals surface area contributed by atoms with Gasteiger partial charge in [-0.3, -0.25) is 19.2 Å². The highest BCUT2D eigenvalue weighted by atomic mass is 16.7. The Hall–Kier alpha value is -4.14. The Kier molecular flexibility index (Phi) is 21.7. The summed E-state index contributed by atoms with van der Waals surface area (Å²) in [7, 11) is 4.40. The molecular formula is C55H83NO17. The zero-order valence-electron chi connectivity index (χ0n) is 44.6. The quantitative estimate of drug-likeness (QED) is 0.121. The van der Waals surface area contributed by atoms with Crippen LogP contribution in [0.25, 0.3) is 0 Å². The highest BCUT2D eigenvalue weighted by molar-refractivity contribution is 6.39. The minimum absolute atomic E-state index is 0.0193. The van der Waals surface area contributed by atoms with Gasteiger partial charge in [-0.2, -0.15) is 0 Å². The molecule has 410 valence electrons. The van der Waals surface area contributed by atoms with Crippen molar-refractivity contribution in [3.8, 4) is 0 Å². The molecule has 0 aromatic heterocycles. The Labute approximate surface area is 430 Å². The van der Waals surface area contributed by atoms with Crippen molar-refractivity contribution in [2.75, 3.05) is 41.1 Å². The molecule has 0 spiro atoms. The first-order valence-corrected chi connectivity index (χ1v) is 26.2. The van der Waals surface area contributed by atoms with E-state index in [4.69, 9.17) is 33.2 Å². The number of cyclic esters (lactones) is 1. The number of ketones is 3. The van der Waals surface area contributed by atoms with Crippen molar-refractivity contribution in [1.82, 2.24) is 4.90 Å². The number of methoxy groups -OCH3 is 3. The topological polar surface area (TPSA) is 251 Å². The standard InChI is InChI=1S/C55H83NO17/c1-31-15-11-12-16-40-32(2)25-41(40)48(61)50(69-10)54(7,73-53(65)70-30-38(58)29-57)36(6)23-33(3)44(60)28-46(34(4)24-37-19-21-43(59)47(26-37)68-9)71-52(64)42-17-13-14-22-56(42)51(63)49(62)55(66)35(5)18-20-39(72-55)27-45(31)67-8/h11-12,15-16,23,32-35,37-39,41-43,45-47,50,57-59,66H,13-14,17-22,24-30H2,1-10H3/b12-11+,31-15+,36-23+,40-16-/t32-,33+,34+,35+,37-,38?,39?,41-,42?,43+,45-,46-,47+,50-,54+,55+/m0/s1. The third-order valence-electron chi connectivity index (χ3n) is 16.3. The molecule has 0 aromatic carbocycles. The number of hydrogen-bond acceptors (Lipinski definition) is 17. The molecule has 73 heavy (non-hydrogen) atoms. The van der Waals surface area contributed by atoms with E-state index >= 15 is 0 Å². The fourth-order valence-electron chi connectivity index (χ4n) is 11.3. The summed E-state index contributed by atoms with van der Waals surface area (Å²) in [6, 6.07) is -1.20. The summed E-state index contributed by atoms with van der Waals surface area (Å²) in [5.74, 6) is -8.93. The second kappa shape index (κ2) is 26.6. The molecule has 4 N–H and O–H groups in total. The van der Waals surface area contributed by atoms with Gasteiger partial charge >= 0.3 is 12.1 Å². The SMILES string of the molecule is CO[C@H]1CC2CC[C@@H](C)[C@@](O)(O2)C(=O)C(=O)N2CCCCC2C(=O)O[C@H]([C@H](C)C[C@@H]2CC[C@@H](O)[C@H](OC)C2)CC(=O)[C@H](C)/C=C(\C)[C@@](C)(OC(=O)OCC(O)CO)[C@@H](OC)C(=O)[C@H]2C[C@H](C)/C2=C/C=C/C=C/1C. The second-order valence-corrected chi connectivity index (χ2v) is 21.5. The number of hydrogen-bond donors (Lipinski definition) is 4. The van der Waals surface area contributed by atoms with Gasteiger partial charge in [-0.1, -0.05) is 63.6 Å². The summed E-state index contributed by atoms with van der Waals surface area (Å²) in [4.78, 5) is 87.0. The van der Waals surface area contributed by atoms with E-state index in [9.17, 15) is 49.2 Å². The fourth-order valence-corrected chi connectivity index (χ4v) is 11.3. The summed E-state index contributed by atoms with van der Waals surface area (Å²) in [5, 5.41) is 41.9. The zero-order valence-corrected chi connectivity index (χ0v) is 44.6. The average Bonchev–Trinajstić information content (AvgIpc) is 3.36. The van der Waals surface area contributed by atoms with Gasteiger partial charge < -0.3 is 58.5 Å². The number of carbonyl (C=O) groups excluding carboxylic acids is 6. The number of ether oxygens (including phenoxy) is 7. The van der Waals surface area contributed by atoms with Crippen molar-refractivity contribution in [2.24, 2.45) is 35.5 Å². The molecule has 2 aliphatic carbocycles. The zero-order chi connectivity index (χ0) is 53.9. The molecule has 2 bridgehead atoms. The number of esters is 1. The molecule has 5 aliphatic rings. The third kappa shape index (κ3) is 14.4. The van der Waals surface area contributed by atoms with Crippen LogP contribution in [0.1, 0.15) is 126 Å². The van der Waals surface area contributed by atoms with Gasteiger partial charge in [-0.15, -0.1) is 0 Å². The van der Waals surface area contributed by atoms with Crippen LogP contribution < -0.4 is 0 Å². The van der Waals surface area contributed by atoms with Crippen LogP contribution in [0.3, 0.4) is 0 Å². The molecule has 18 heteroatoms. The number of aliphatic hydroxyl groups is 4. The van der Waals surface area contributed by atoms with E-state index in [1.807, 2.05) is 45.1 Å². The van der Waals surface area contributed by atoms with Crippen molar-refractivity contribution in [2.45, 2.75) is 186 Å². The maximum atomic E-state index is 14.7. The lowest BCUT2D eigenvalue weighted by molar-refractivity contribution is -0.265. The Balaban J connectivity index is 1.58. The Morgan fingerprint density at radius 3 is 2.29 bits per heavy atom. The van der Waals surface area contributed by atoms with Crippen LogP contribution in [0.15, 0.2) is 47.1 Å². The number of carbonyl (C=O) groups is 6. The molecule has 3 unspecified atom stereocenters. The molecule has 2 saturated heterocycles. The van der Waals surface area contributed by atoms with Gasteiger partial charge in [0, 0.05) is 58.5 Å². The molecule has 16 atom stereocenters. The second-order valence-electron chi connectivity index (χ2n) is 21.5. The third-order valence-corrected chi connectivity index (χ3v) is 16.3. The molecule has 4 fully saturated rings. The van der Waals surface area contributed by atoms with Gasteiger partial charge in [0.25, 0.3) is 11.7 Å².